The van der Waals surface area contributed by atoms with Crippen LogP contribution in [0, 0.1) is 5.41 Å². The van der Waals surface area contributed by atoms with Gasteiger partial charge in [-0.05, 0) is 62.1 Å². The standard InChI is InChI=1S/C29H36N2O8/c1-7-28(3,4)23(32)20-13-16(9-11-18(20)25(34)35)17-10-12-19(26(36)37)21(14-17)24(33)30-15-22(27(38)39)31-29(5,6)8-2/h9-14,22,31H,7-8,15H2,1-6H3,(H,30,33)(H,34,35)(H,36,37)(H,38,39). The van der Waals surface area contributed by atoms with Crippen LogP contribution < -0.4 is 10.6 Å². The van der Waals surface area contributed by atoms with Crippen molar-refractivity contribution >= 4 is 29.6 Å². The molecule has 0 aliphatic rings. The zero-order chi connectivity index (χ0) is 29.7. The van der Waals surface area contributed by atoms with Crippen LogP contribution in [0.1, 0.15) is 95.8 Å². The molecule has 0 radical (unpaired) electrons. The molecule has 2 aromatic rings. The van der Waals surface area contributed by atoms with Crippen LogP contribution in [0.3, 0.4) is 0 Å². The maximum atomic E-state index is 13.2. The second kappa shape index (κ2) is 12.2. The van der Waals surface area contributed by atoms with Gasteiger partial charge in [0.15, 0.2) is 5.78 Å². The highest BCUT2D eigenvalue weighted by molar-refractivity contribution is 6.09. The molecule has 0 saturated heterocycles. The number of nitrogens with one attached hydrogen (secondary N) is 2. The molecule has 10 heteroatoms. The van der Waals surface area contributed by atoms with Gasteiger partial charge in [0.1, 0.15) is 6.04 Å². The van der Waals surface area contributed by atoms with Gasteiger partial charge in [-0.1, -0.05) is 39.8 Å². The van der Waals surface area contributed by atoms with E-state index < -0.39 is 40.8 Å². The van der Waals surface area contributed by atoms with Crippen LogP contribution in [0.15, 0.2) is 36.4 Å². The lowest BCUT2D eigenvalue weighted by Crippen LogP contribution is -2.54. The predicted octanol–water partition coefficient (Wildman–Crippen LogP) is 4.33. The van der Waals surface area contributed by atoms with Gasteiger partial charge in [0.05, 0.1) is 16.7 Å². The third-order valence-electron chi connectivity index (χ3n) is 7.03. The Balaban J connectivity index is 2.51. The van der Waals surface area contributed by atoms with Crippen molar-refractivity contribution in [3.8, 4) is 11.1 Å². The maximum Gasteiger partial charge on any atom is 0.336 e. The van der Waals surface area contributed by atoms with Crippen molar-refractivity contribution in [1.29, 1.82) is 0 Å². The molecule has 0 bridgehead atoms. The quantitative estimate of drug-likeness (QED) is 0.232. The van der Waals surface area contributed by atoms with Crippen LogP contribution >= 0.6 is 0 Å². The zero-order valence-electron chi connectivity index (χ0n) is 23.0. The molecule has 2 aromatic carbocycles. The van der Waals surface area contributed by atoms with Gasteiger partial charge in [-0.25, -0.2) is 9.59 Å². The minimum atomic E-state index is -1.35. The normalized spacial score (nSPS) is 12.5. The minimum Gasteiger partial charge on any atom is -0.480 e. The summed E-state index contributed by atoms with van der Waals surface area (Å²) in [5, 5.41) is 34.3. The summed E-state index contributed by atoms with van der Waals surface area (Å²) in [5.74, 6) is -4.93. The summed E-state index contributed by atoms with van der Waals surface area (Å²) in [6.07, 6.45) is 1.12. The van der Waals surface area contributed by atoms with Gasteiger partial charge in [-0.15, -0.1) is 0 Å². The van der Waals surface area contributed by atoms with Crippen molar-refractivity contribution in [2.75, 3.05) is 6.54 Å². The lowest BCUT2D eigenvalue weighted by Gasteiger charge is -2.29. The third-order valence-corrected chi connectivity index (χ3v) is 7.03. The first-order valence-corrected chi connectivity index (χ1v) is 12.6. The van der Waals surface area contributed by atoms with E-state index in [1.54, 1.807) is 13.8 Å². The van der Waals surface area contributed by atoms with Crippen LogP contribution in [-0.2, 0) is 4.79 Å². The number of benzene rings is 2. The van der Waals surface area contributed by atoms with Crippen molar-refractivity contribution in [2.45, 2.75) is 66.0 Å². The van der Waals surface area contributed by atoms with E-state index in [0.29, 0.717) is 24.0 Å². The minimum absolute atomic E-state index is 0.00840. The number of aliphatic carboxylic acids is 1. The molecule has 1 unspecified atom stereocenters. The van der Waals surface area contributed by atoms with E-state index in [1.807, 2.05) is 27.7 Å². The fourth-order valence-corrected chi connectivity index (χ4v) is 3.79. The molecule has 2 rings (SSSR count). The van der Waals surface area contributed by atoms with Gasteiger partial charge >= 0.3 is 17.9 Å². The van der Waals surface area contributed by atoms with Gasteiger partial charge in [-0.3, -0.25) is 19.7 Å². The summed E-state index contributed by atoms with van der Waals surface area (Å²) in [6.45, 7) is 10.5. The first-order chi connectivity index (χ1) is 18.0. The van der Waals surface area contributed by atoms with Crippen LogP contribution in [0.25, 0.3) is 11.1 Å². The van der Waals surface area contributed by atoms with Crippen molar-refractivity contribution in [2.24, 2.45) is 5.41 Å². The Kier molecular flexibility index (Phi) is 9.76. The molecule has 10 nitrogen and oxygen atoms in total. The molecule has 210 valence electrons. The number of carbonyl (C=O) groups excluding carboxylic acids is 2. The topological polar surface area (TPSA) is 170 Å². The first kappa shape index (κ1) is 31.2. The van der Waals surface area contributed by atoms with E-state index in [4.69, 9.17) is 0 Å². The highest BCUT2D eigenvalue weighted by atomic mass is 16.4. The van der Waals surface area contributed by atoms with Gasteiger partial charge in [0.2, 0.25) is 0 Å². The van der Waals surface area contributed by atoms with Gasteiger partial charge < -0.3 is 20.6 Å². The van der Waals surface area contributed by atoms with Gasteiger partial charge in [-0.2, -0.15) is 0 Å². The highest BCUT2D eigenvalue weighted by Gasteiger charge is 2.31. The van der Waals surface area contributed by atoms with E-state index in [1.165, 1.54) is 36.4 Å². The number of rotatable bonds is 13. The Morgan fingerprint density at radius 3 is 1.67 bits per heavy atom. The molecule has 0 aliphatic heterocycles. The molecule has 0 spiro atoms. The number of Topliss-reactive ketones (excluding diaryl/α,β-unsaturated/α-hetero) is 1. The van der Waals surface area contributed by atoms with Crippen molar-refractivity contribution in [3.63, 3.8) is 0 Å². The number of carboxylic acid groups (broad SMARTS) is 3. The smallest absolute Gasteiger partial charge is 0.336 e. The predicted molar refractivity (Wildman–Crippen MR) is 145 cm³/mol. The van der Waals surface area contributed by atoms with Crippen molar-refractivity contribution in [3.05, 3.63) is 58.7 Å². The summed E-state index contributed by atoms with van der Waals surface area (Å²) < 4.78 is 0. The van der Waals surface area contributed by atoms with Crippen molar-refractivity contribution < 1.29 is 39.3 Å². The average Bonchev–Trinajstić information content (AvgIpc) is 2.89. The second-order valence-corrected chi connectivity index (χ2v) is 10.7. The lowest BCUT2D eigenvalue weighted by molar-refractivity contribution is -0.139. The zero-order valence-corrected chi connectivity index (χ0v) is 23.0. The molecule has 39 heavy (non-hydrogen) atoms. The Morgan fingerprint density at radius 2 is 1.23 bits per heavy atom. The SMILES string of the molecule is CCC(C)(C)NC(CNC(=O)c1cc(-c2ccc(C(=O)O)c(C(=O)C(C)(C)CC)c2)ccc1C(=O)O)C(=O)O. The van der Waals surface area contributed by atoms with Crippen LogP contribution in [0.5, 0.6) is 0 Å². The highest BCUT2D eigenvalue weighted by Crippen LogP contribution is 2.31. The monoisotopic (exact) mass is 540 g/mol. The molecule has 1 amide bonds. The van der Waals surface area contributed by atoms with Crippen LogP contribution in [0.2, 0.25) is 0 Å². The molecule has 1 atom stereocenters. The summed E-state index contributed by atoms with van der Waals surface area (Å²) in [6, 6.07) is 7.13. The van der Waals surface area contributed by atoms with E-state index in [-0.39, 0.29) is 34.6 Å². The molecular formula is C29H36N2O8. The lowest BCUT2D eigenvalue weighted by atomic mass is 9.80. The molecule has 5 N–H and O–H groups in total. The summed E-state index contributed by atoms with van der Waals surface area (Å²) in [5.41, 5.74) is -1.19. The number of aromatic carboxylic acids is 2. The number of carboxylic acids is 3. The first-order valence-electron chi connectivity index (χ1n) is 12.6. The molecule has 0 fully saturated rings. The van der Waals surface area contributed by atoms with Crippen molar-refractivity contribution in [1.82, 2.24) is 10.6 Å². The van der Waals surface area contributed by atoms with E-state index in [9.17, 15) is 39.3 Å². The maximum absolute atomic E-state index is 13.2. The fourth-order valence-electron chi connectivity index (χ4n) is 3.79. The van der Waals surface area contributed by atoms with E-state index in [0.717, 1.165) is 0 Å². The Hall–Kier alpha value is -4.05. The van der Waals surface area contributed by atoms with Gasteiger partial charge in [0.25, 0.3) is 5.91 Å². The largest absolute Gasteiger partial charge is 0.480 e. The van der Waals surface area contributed by atoms with Crippen LogP contribution in [-0.4, -0.2) is 63.0 Å². The summed E-state index contributed by atoms with van der Waals surface area (Å²) in [4.78, 5) is 61.7. The fraction of sp³-hybridized carbons (Fsp3) is 0.414. The third kappa shape index (κ3) is 7.51. The Morgan fingerprint density at radius 1 is 0.744 bits per heavy atom. The number of hydrogen-bond acceptors (Lipinski definition) is 6. The van der Waals surface area contributed by atoms with Gasteiger partial charge in [0, 0.05) is 23.1 Å². The van der Waals surface area contributed by atoms with Crippen LogP contribution in [0.4, 0.5) is 0 Å². The molecule has 0 aromatic heterocycles. The molecule has 0 saturated carbocycles. The Labute approximate surface area is 227 Å². The van der Waals surface area contributed by atoms with E-state index in [2.05, 4.69) is 10.6 Å². The molecular weight excluding hydrogens is 504 g/mol. The number of carbonyl (C=O) groups is 5. The summed E-state index contributed by atoms with van der Waals surface area (Å²) >= 11 is 0. The number of ketones is 1. The average molecular weight is 541 g/mol. The Bertz CT molecular complexity index is 1300. The van der Waals surface area contributed by atoms with E-state index >= 15 is 0 Å². The molecule has 0 heterocycles. The molecule has 0 aliphatic carbocycles. The number of hydrogen-bond donors (Lipinski definition) is 5. The summed E-state index contributed by atoms with van der Waals surface area (Å²) in [7, 11) is 0. The number of amides is 1. The second-order valence-electron chi connectivity index (χ2n) is 10.7.